The van der Waals surface area contributed by atoms with Gasteiger partial charge in [0.1, 0.15) is 5.82 Å². The molecule has 2 heterocycles. The van der Waals surface area contributed by atoms with Gasteiger partial charge in [-0.2, -0.15) is 0 Å². The Kier molecular flexibility index (Phi) is 10.2. The number of para-hydroxylation sites is 2. The Labute approximate surface area is 375 Å². The Morgan fingerprint density at radius 1 is 0.492 bits per heavy atom. The predicted molar refractivity (Wildman–Crippen MR) is 266 cm³/mol. The van der Waals surface area contributed by atoms with Crippen molar-refractivity contribution in [1.29, 1.82) is 0 Å². The summed E-state index contributed by atoms with van der Waals surface area (Å²) in [5.41, 5.74) is 18.5. The lowest BCUT2D eigenvalue weighted by Crippen LogP contribution is -2.31. The van der Waals surface area contributed by atoms with Crippen LogP contribution in [0.3, 0.4) is 0 Å². The van der Waals surface area contributed by atoms with E-state index in [-0.39, 0.29) is 16.6 Å². The van der Waals surface area contributed by atoms with Crippen LogP contribution >= 0.6 is 11.3 Å². The Hall–Kier alpha value is -7.01. The Balaban J connectivity index is 1.01. The summed E-state index contributed by atoms with van der Waals surface area (Å²) in [5.74, 6) is -0.238. The monoisotopic (exact) mass is 836 g/mol. The van der Waals surface area contributed by atoms with E-state index in [0.717, 1.165) is 50.6 Å². The van der Waals surface area contributed by atoms with Crippen molar-refractivity contribution in [3.05, 3.63) is 228 Å². The van der Waals surface area contributed by atoms with Crippen molar-refractivity contribution < 1.29 is 4.39 Å². The Morgan fingerprint density at radius 2 is 1.05 bits per heavy atom. The molecule has 8 aromatic carbocycles. The van der Waals surface area contributed by atoms with Gasteiger partial charge in [-0.15, -0.1) is 11.3 Å². The standard InChI is InChI=1S/C59H49FN2S/c1-58(2,3)45-28-35-52-55(38-45)62(48-19-13-8-14-20-48)54-36-27-44(37-53(54)59(52,4)5)40-23-31-49(32-24-40)61(47-17-11-7-12-18-47)50-33-25-41(26-34-50)51-39-63-57(43-15-9-6-10-16-43)56(51)42-21-29-46(60)30-22-42/h6-39H,1-5H3. The molecule has 308 valence electrons. The van der Waals surface area contributed by atoms with E-state index in [1.165, 1.54) is 44.1 Å². The lowest BCUT2D eigenvalue weighted by Gasteiger charge is -2.43. The van der Waals surface area contributed by atoms with Crippen molar-refractivity contribution in [2.45, 2.75) is 45.4 Å². The summed E-state index contributed by atoms with van der Waals surface area (Å²) >= 11 is 1.72. The molecule has 1 aliphatic heterocycles. The minimum atomic E-state index is -0.238. The van der Waals surface area contributed by atoms with Gasteiger partial charge in [-0.1, -0.05) is 156 Å². The summed E-state index contributed by atoms with van der Waals surface area (Å²) in [5, 5.41) is 2.23. The van der Waals surface area contributed by atoms with E-state index in [1.807, 2.05) is 18.2 Å². The van der Waals surface area contributed by atoms with E-state index < -0.39 is 0 Å². The molecule has 0 atom stereocenters. The van der Waals surface area contributed by atoms with Gasteiger partial charge in [0.15, 0.2) is 0 Å². The van der Waals surface area contributed by atoms with Gasteiger partial charge in [-0.05, 0) is 134 Å². The highest BCUT2D eigenvalue weighted by Gasteiger charge is 2.38. The molecule has 0 N–H and O–H groups in total. The highest BCUT2D eigenvalue weighted by molar-refractivity contribution is 7.14. The van der Waals surface area contributed by atoms with E-state index in [0.29, 0.717) is 0 Å². The second-order valence-electron chi connectivity index (χ2n) is 18.0. The number of benzene rings is 8. The summed E-state index contributed by atoms with van der Waals surface area (Å²) < 4.78 is 14.1. The van der Waals surface area contributed by atoms with Crippen LogP contribution in [-0.2, 0) is 10.8 Å². The smallest absolute Gasteiger partial charge is 0.123 e. The quantitative estimate of drug-likeness (QED) is 0.150. The van der Waals surface area contributed by atoms with Crippen LogP contribution in [0.15, 0.2) is 206 Å². The van der Waals surface area contributed by atoms with Gasteiger partial charge in [0.05, 0.1) is 11.4 Å². The summed E-state index contributed by atoms with van der Waals surface area (Å²) in [6.45, 7) is 11.6. The maximum atomic E-state index is 14.1. The van der Waals surface area contributed by atoms with Crippen molar-refractivity contribution in [3.63, 3.8) is 0 Å². The van der Waals surface area contributed by atoms with Crippen LogP contribution in [0.1, 0.15) is 51.3 Å². The van der Waals surface area contributed by atoms with Crippen molar-refractivity contribution in [3.8, 4) is 43.8 Å². The molecule has 9 aromatic rings. The van der Waals surface area contributed by atoms with Gasteiger partial charge >= 0.3 is 0 Å². The summed E-state index contributed by atoms with van der Waals surface area (Å²) in [6, 6.07) is 70.5. The van der Waals surface area contributed by atoms with Crippen molar-refractivity contribution in [1.82, 2.24) is 0 Å². The molecule has 4 heteroatoms. The largest absolute Gasteiger partial charge is 0.311 e. The highest BCUT2D eigenvalue weighted by atomic mass is 32.1. The fourth-order valence-electron chi connectivity index (χ4n) is 9.15. The molecule has 10 rings (SSSR count). The molecule has 0 unspecified atom stereocenters. The highest BCUT2D eigenvalue weighted by Crippen LogP contribution is 2.54. The number of thiophene rings is 1. The Bertz CT molecular complexity index is 3040. The lowest BCUT2D eigenvalue weighted by molar-refractivity contribution is 0.586. The number of hydrogen-bond acceptors (Lipinski definition) is 3. The zero-order valence-electron chi connectivity index (χ0n) is 36.3. The van der Waals surface area contributed by atoms with E-state index in [1.54, 1.807) is 23.5 Å². The molecule has 0 amide bonds. The number of anilines is 6. The molecule has 1 aromatic heterocycles. The molecule has 0 fully saturated rings. The average Bonchev–Trinajstić information content (AvgIpc) is 3.76. The zero-order valence-corrected chi connectivity index (χ0v) is 37.1. The van der Waals surface area contributed by atoms with E-state index in [2.05, 4.69) is 220 Å². The molecule has 0 radical (unpaired) electrons. The first-order valence-electron chi connectivity index (χ1n) is 21.7. The fraction of sp³-hybridized carbons (Fsp3) is 0.119. The molecular formula is C59H49FN2S. The number of rotatable bonds is 8. The molecule has 0 saturated carbocycles. The van der Waals surface area contributed by atoms with E-state index in [4.69, 9.17) is 0 Å². The van der Waals surface area contributed by atoms with E-state index in [9.17, 15) is 4.39 Å². The van der Waals surface area contributed by atoms with Crippen molar-refractivity contribution >= 4 is 45.5 Å². The SMILES string of the molecule is CC(C)(C)c1ccc2c(c1)N(c1ccccc1)c1ccc(-c3ccc(N(c4ccccc4)c4ccc(-c5csc(-c6ccccc6)c5-c5ccc(F)cc5)cc4)cc3)cc1C2(C)C. The van der Waals surface area contributed by atoms with Gasteiger partial charge in [0, 0.05) is 44.2 Å². The van der Waals surface area contributed by atoms with Gasteiger partial charge in [-0.3, -0.25) is 0 Å². The Morgan fingerprint density at radius 3 is 1.68 bits per heavy atom. The average molecular weight is 837 g/mol. The van der Waals surface area contributed by atoms with Crippen molar-refractivity contribution in [2.24, 2.45) is 0 Å². The first kappa shape index (κ1) is 40.1. The summed E-state index contributed by atoms with van der Waals surface area (Å²) in [4.78, 5) is 5.93. The minimum Gasteiger partial charge on any atom is -0.311 e. The van der Waals surface area contributed by atoms with Crippen LogP contribution in [-0.4, -0.2) is 0 Å². The second-order valence-corrected chi connectivity index (χ2v) is 18.9. The third-order valence-corrected chi connectivity index (χ3v) is 13.6. The maximum Gasteiger partial charge on any atom is 0.123 e. The topological polar surface area (TPSA) is 6.48 Å². The van der Waals surface area contributed by atoms with Crippen LogP contribution < -0.4 is 9.80 Å². The number of nitrogens with zero attached hydrogens (tertiary/aromatic N) is 2. The van der Waals surface area contributed by atoms with E-state index >= 15 is 0 Å². The number of hydrogen-bond donors (Lipinski definition) is 0. The molecule has 1 aliphatic rings. The van der Waals surface area contributed by atoms with Gasteiger partial charge in [-0.25, -0.2) is 4.39 Å². The zero-order chi connectivity index (χ0) is 43.3. The van der Waals surface area contributed by atoms with Gasteiger partial charge in [0.25, 0.3) is 0 Å². The maximum absolute atomic E-state index is 14.1. The molecule has 0 aliphatic carbocycles. The third kappa shape index (κ3) is 7.45. The van der Waals surface area contributed by atoms with Gasteiger partial charge < -0.3 is 9.80 Å². The fourth-order valence-corrected chi connectivity index (χ4v) is 10.3. The van der Waals surface area contributed by atoms with Gasteiger partial charge in [0.2, 0.25) is 0 Å². The van der Waals surface area contributed by atoms with Crippen LogP contribution in [0.4, 0.5) is 38.5 Å². The summed E-state index contributed by atoms with van der Waals surface area (Å²) in [6.07, 6.45) is 0. The molecule has 0 bridgehead atoms. The van der Waals surface area contributed by atoms with Crippen LogP contribution in [0.5, 0.6) is 0 Å². The molecule has 0 saturated heterocycles. The van der Waals surface area contributed by atoms with Crippen molar-refractivity contribution in [2.75, 3.05) is 9.80 Å². The summed E-state index contributed by atoms with van der Waals surface area (Å²) in [7, 11) is 0. The first-order chi connectivity index (χ1) is 30.5. The minimum absolute atomic E-state index is 0.0327. The predicted octanol–water partition coefficient (Wildman–Crippen LogP) is 17.4. The van der Waals surface area contributed by atoms with Crippen LogP contribution in [0.25, 0.3) is 43.8 Å². The molecule has 63 heavy (non-hydrogen) atoms. The first-order valence-corrected chi connectivity index (χ1v) is 22.6. The third-order valence-electron chi connectivity index (χ3n) is 12.6. The number of fused-ring (bicyclic) bond motifs is 2. The number of halogens is 1. The molecular weight excluding hydrogens is 788 g/mol. The van der Waals surface area contributed by atoms with Crippen LogP contribution in [0.2, 0.25) is 0 Å². The molecule has 2 nitrogen and oxygen atoms in total. The normalized spacial score (nSPS) is 13.0. The molecule has 0 spiro atoms. The van der Waals surface area contributed by atoms with Crippen LogP contribution in [0, 0.1) is 5.82 Å². The second kappa shape index (κ2) is 16.0. The lowest BCUT2D eigenvalue weighted by atomic mass is 9.71.